The van der Waals surface area contributed by atoms with E-state index in [4.69, 9.17) is 4.99 Å². The van der Waals surface area contributed by atoms with Crippen LogP contribution in [0.15, 0.2) is 96.0 Å². The van der Waals surface area contributed by atoms with Gasteiger partial charge in [-0.2, -0.15) is 0 Å². The molecule has 21 heavy (non-hydrogen) atoms. The fourth-order valence-electron chi connectivity index (χ4n) is 2.25. The first-order chi connectivity index (χ1) is 10.4. The quantitative estimate of drug-likeness (QED) is 0.726. The van der Waals surface area contributed by atoms with Crippen LogP contribution in [0.5, 0.6) is 0 Å². The maximum absolute atomic E-state index is 4.74. The standard InChI is InChI=1S/C20H17N/c1-3-9-17(10-4-1)15-16-18-11-7-8-14-20(18)21-19-12-5-2-6-13-19/h1-16,18H. The van der Waals surface area contributed by atoms with Crippen LogP contribution in [0, 0.1) is 5.92 Å². The highest BCUT2D eigenvalue weighted by Crippen LogP contribution is 2.18. The molecule has 0 spiro atoms. The summed E-state index contributed by atoms with van der Waals surface area (Å²) in [6.07, 6.45) is 12.7. The fraction of sp³-hybridized carbons (Fsp3) is 0.0500. The smallest absolute Gasteiger partial charge is 0.0633 e. The molecule has 0 aliphatic heterocycles. The first-order valence-electron chi connectivity index (χ1n) is 7.13. The summed E-state index contributed by atoms with van der Waals surface area (Å²) in [6.45, 7) is 0. The molecular formula is C20H17N. The third kappa shape index (κ3) is 3.67. The molecule has 0 N–H and O–H groups in total. The molecule has 0 amide bonds. The van der Waals surface area contributed by atoms with Crippen LogP contribution in [-0.2, 0) is 0 Å². The number of allylic oxidation sites excluding steroid dienone is 5. The maximum Gasteiger partial charge on any atom is 0.0633 e. The van der Waals surface area contributed by atoms with Crippen molar-refractivity contribution in [2.24, 2.45) is 10.9 Å². The molecule has 0 saturated heterocycles. The van der Waals surface area contributed by atoms with Gasteiger partial charge in [-0.3, -0.25) is 4.99 Å². The molecule has 1 nitrogen and oxygen atoms in total. The average molecular weight is 271 g/mol. The number of rotatable bonds is 3. The SMILES string of the molecule is C1=CC(=Nc2ccccc2)C(C=Cc2ccccc2)C=C1. The molecule has 2 aromatic carbocycles. The van der Waals surface area contributed by atoms with E-state index in [1.165, 1.54) is 5.56 Å². The van der Waals surface area contributed by atoms with E-state index in [0.717, 1.165) is 11.4 Å². The van der Waals surface area contributed by atoms with Crippen LogP contribution in [-0.4, -0.2) is 5.71 Å². The Balaban J connectivity index is 1.83. The van der Waals surface area contributed by atoms with Crippen molar-refractivity contribution in [3.8, 4) is 0 Å². The van der Waals surface area contributed by atoms with Gasteiger partial charge in [0.1, 0.15) is 0 Å². The lowest BCUT2D eigenvalue weighted by Crippen LogP contribution is -2.08. The molecule has 0 radical (unpaired) electrons. The zero-order valence-corrected chi connectivity index (χ0v) is 11.8. The van der Waals surface area contributed by atoms with Gasteiger partial charge in [-0.1, -0.05) is 78.9 Å². The van der Waals surface area contributed by atoms with Crippen molar-refractivity contribution in [2.75, 3.05) is 0 Å². The zero-order chi connectivity index (χ0) is 14.3. The lowest BCUT2D eigenvalue weighted by Gasteiger charge is -2.11. The molecular weight excluding hydrogens is 254 g/mol. The van der Waals surface area contributed by atoms with Crippen LogP contribution in [0.2, 0.25) is 0 Å². The molecule has 3 rings (SSSR count). The third-order valence-corrected chi connectivity index (χ3v) is 3.35. The summed E-state index contributed by atoms with van der Waals surface area (Å²) in [5.41, 5.74) is 3.26. The molecule has 1 aliphatic rings. The van der Waals surface area contributed by atoms with Crippen molar-refractivity contribution in [1.29, 1.82) is 0 Å². The van der Waals surface area contributed by atoms with Crippen LogP contribution in [0.25, 0.3) is 6.08 Å². The zero-order valence-electron chi connectivity index (χ0n) is 11.8. The molecule has 1 atom stereocenters. The molecule has 1 aliphatic carbocycles. The number of benzene rings is 2. The highest BCUT2D eigenvalue weighted by molar-refractivity contribution is 6.02. The van der Waals surface area contributed by atoms with Crippen LogP contribution < -0.4 is 0 Å². The van der Waals surface area contributed by atoms with Crippen molar-refractivity contribution in [3.63, 3.8) is 0 Å². The normalized spacial score (nSPS) is 19.4. The van der Waals surface area contributed by atoms with E-state index in [9.17, 15) is 0 Å². The van der Waals surface area contributed by atoms with Crippen molar-refractivity contribution in [1.82, 2.24) is 0 Å². The van der Waals surface area contributed by atoms with Gasteiger partial charge in [-0.05, 0) is 23.8 Å². The summed E-state index contributed by atoms with van der Waals surface area (Å²) in [7, 11) is 0. The van der Waals surface area contributed by atoms with Crippen molar-refractivity contribution < 1.29 is 0 Å². The number of hydrogen-bond donors (Lipinski definition) is 0. The number of hydrogen-bond acceptors (Lipinski definition) is 1. The Morgan fingerprint density at radius 2 is 1.52 bits per heavy atom. The van der Waals surface area contributed by atoms with E-state index in [2.05, 4.69) is 54.6 Å². The molecule has 0 aromatic heterocycles. The second-order valence-electron chi connectivity index (χ2n) is 4.91. The van der Waals surface area contributed by atoms with E-state index in [1.54, 1.807) is 0 Å². The highest BCUT2D eigenvalue weighted by atomic mass is 14.7. The number of aliphatic imine (C=N–C) groups is 1. The number of nitrogens with zero attached hydrogens (tertiary/aromatic N) is 1. The number of para-hydroxylation sites is 1. The Labute approximate surface area is 125 Å². The lowest BCUT2D eigenvalue weighted by atomic mass is 9.97. The molecule has 0 fully saturated rings. The Kier molecular flexibility index (Phi) is 4.23. The summed E-state index contributed by atoms with van der Waals surface area (Å²) < 4.78 is 0. The summed E-state index contributed by atoms with van der Waals surface area (Å²) in [6, 6.07) is 20.4. The summed E-state index contributed by atoms with van der Waals surface area (Å²) in [4.78, 5) is 4.74. The Hall–Kier alpha value is -2.67. The van der Waals surface area contributed by atoms with Gasteiger partial charge >= 0.3 is 0 Å². The second-order valence-corrected chi connectivity index (χ2v) is 4.91. The van der Waals surface area contributed by atoms with Gasteiger partial charge in [0.2, 0.25) is 0 Å². The van der Waals surface area contributed by atoms with Gasteiger partial charge in [-0.15, -0.1) is 0 Å². The first-order valence-corrected chi connectivity index (χ1v) is 7.13. The summed E-state index contributed by atoms with van der Waals surface area (Å²) in [5.74, 6) is 0.218. The second kappa shape index (κ2) is 6.67. The largest absolute Gasteiger partial charge is 0.253 e. The van der Waals surface area contributed by atoms with E-state index < -0.39 is 0 Å². The van der Waals surface area contributed by atoms with Gasteiger partial charge in [0.25, 0.3) is 0 Å². The Morgan fingerprint density at radius 3 is 2.29 bits per heavy atom. The molecule has 0 heterocycles. The van der Waals surface area contributed by atoms with Crippen LogP contribution in [0.1, 0.15) is 5.56 Å². The van der Waals surface area contributed by atoms with E-state index in [0.29, 0.717) is 0 Å². The van der Waals surface area contributed by atoms with Crippen LogP contribution >= 0.6 is 0 Å². The predicted octanol–water partition coefficient (Wildman–Crippen LogP) is 5.21. The van der Waals surface area contributed by atoms with Gasteiger partial charge in [0.15, 0.2) is 0 Å². The van der Waals surface area contributed by atoms with E-state index >= 15 is 0 Å². The third-order valence-electron chi connectivity index (χ3n) is 3.35. The van der Waals surface area contributed by atoms with Gasteiger partial charge < -0.3 is 0 Å². The van der Waals surface area contributed by atoms with Gasteiger partial charge in [0, 0.05) is 5.92 Å². The van der Waals surface area contributed by atoms with Gasteiger partial charge in [-0.25, -0.2) is 0 Å². The summed E-state index contributed by atoms with van der Waals surface area (Å²) in [5, 5.41) is 0. The van der Waals surface area contributed by atoms with E-state index in [-0.39, 0.29) is 5.92 Å². The maximum atomic E-state index is 4.74. The van der Waals surface area contributed by atoms with Crippen molar-refractivity contribution >= 4 is 17.5 Å². The molecule has 1 unspecified atom stereocenters. The fourth-order valence-corrected chi connectivity index (χ4v) is 2.25. The predicted molar refractivity (Wildman–Crippen MR) is 90.8 cm³/mol. The van der Waals surface area contributed by atoms with Crippen LogP contribution in [0.4, 0.5) is 5.69 Å². The topological polar surface area (TPSA) is 12.4 Å². The van der Waals surface area contributed by atoms with Crippen molar-refractivity contribution in [2.45, 2.75) is 0 Å². The molecule has 102 valence electrons. The Bertz CT molecular complexity index is 691. The van der Waals surface area contributed by atoms with Gasteiger partial charge in [0.05, 0.1) is 11.4 Å². The Morgan fingerprint density at radius 1 is 0.810 bits per heavy atom. The summed E-state index contributed by atoms with van der Waals surface area (Å²) >= 11 is 0. The minimum Gasteiger partial charge on any atom is -0.253 e. The lowest BCUT2D eigenvalue weighted by molar-refractivity contribution is 1.13. The van der Waals surface area contributed by atoms with Crippen molar-refractivity contribution in [3.05, 3.63) is 96.6 Å². The molecule has 1 heteroatoms. The first kappa shape index (κ1) is 13.3. The van der Waals surface area contributed by atoms with Crippen LogP contribution in [0.3, 0.4) is 0 Å². The highest BCUT2D eigenvalue weighted by Gasteiger charge is 2.09. The average Bonchev–Trinajstić information content (AvgIpc) is 2.56. The molecule has 0 bridgehead atoms. The molecule has 0 saturated carbocycles. The minimum atomic E-state index is 0.218. The minimum absolute atomic E-state index is 0.218. The monoisotopic (exact) mass is 271 g/mol. The van der Waals surface area contributed by atoms with E-state index in [1.807, 2.05) is 42.5 Å². The molecule has 2 aromatic rings.